The lowest BCUT2D eigenvalue weighted by atomic mass is 9.87. The van der Waals surface area contributed by atoms with Crippen molar-refractivity contribution >= 4 is 17.2 Å². The molecule has 1 amide bonds. The Bertz CT molecular complexity index is 956. The fourth-order valence-corrected chi connectivity index (χ4v) is 6.18. The van der Waals surface area contributed by atoms with E-state index in [0.29, 0.717) is 31.0 Å². The molecular formula is C24H32N4O2S. The molecule has 2 aromatic heterocycles. The van der Waals surface area contributed by atoms with Crippen molar-refractivity contribution in [3.8, 4) is 0 Å². The van der Waals surface area contributed by atoms with E-state index in [1.54, 1.807) is 4.90 Å². The third-order valence-electron chi connectivity index (χ3n) is 7.32. The monoisotopic (exact) mass is 440 g/mol. The minimum absolute atomic E-state index is 0.00876. The van der Waals surface area contributed by atoms with Crippen LogP contribution in [0.15, 0.2) is 22.3 Å². The average Bonchev–Trinajstić information content (AvgIpc) is 3.35. The number of rotatable bonds is 4. The van der Waals surface area contributed by atoms with Crippen LogP contribution < -0.4 is 5.56 Å². The summed E-state index contributed by atoms with van der Waals surface area (Å²) >= 11 is 1.45. The Labute approximate surface area is 187 Å². The number of aromatic nitrogens is 2. The van der Waals surface area contributed by atoms with Crippen LogP contribution in [0.4, 0.5) is 0 Å². The summed E-state index contributed by atoms with van der Waals surface area (Å²) in [5.74, 6) is 2.09. The molecular weight excluding hydrogens is 408 g/mol. The first kappa shape index (κ1) is 20.9. The van der Waals surface area contributed by atoms with Crippen LogP contribution in [-0.4, -0.2) is 51.9 Å². The molecule has 0 spiro atoms. The second-order valence-electron chi connectivity index (χ2n) is 9.41. The number of fused-ring (bicyclic) bond motifs is 1. The molecule has 2 aliphatic heterocycles. The van der Waals surface area contributed by atoms with E-state index in [-0.39, 0.29) is 11.5 Å². The predicted octanol–water partition coefficient (Wildman–Crippen LogP) is 3.79. The summed E-state index contributed by atoms with van der Waals surface area (Å²) in [7, 11) is 0. The molecule has 1 aliphatic carbocycles. The Morgan fingerprint density at radius 3 is 2.68 bits per heavy atom. The number of piperidine rings is 1. The van der Waals surface area contributed by atoms with E-state index in [0.717, 1.165) is 48.2 Å². The van der Waals surface area contributed by atoms with Gasteiger partial charge in [0.15, 0.2) is 0 Å². The van der Waals surface area contributed by atoms with E-state index in [1.165, 1.54) is 50.0 Å². The van der Waals surface area contributed by atoms with Crippen LogP contribution in [0.1, 0.15) is 77.6 Å². The van der Waals surface area contributed by atoms with Gasteiger partial charge in [-0.3, -0.25) is 9.59 Å². The zero-order valence-electron chi connectivity index (χ0n) is 18.1. The highest BCUT2D eigenvalue weighted by molar-refractivity contribution is 7.12. The summed E-state index contributed by atoms with van der Waals surface area (Å²) in [6.45, 7) is 4.43. The number of thiophene rings is 1. The van der Waals surface area contributed by atoms with Gasteiger partial charge in [-0.05, 0) is 56.1 Å². The number of nitrogens with one attached hydrogen (secondary N) is 1. The molecule has 0 atom stereocenters. The molecule has 1 saturated carbocycles. The van der Waals surface area contributed by atoms with Gasteiger partial charge in [0.25, 0.3) is 11.5 Å². The van der Waals surface area contributed by atoms with E-state index < -0.39 is 0 Å². The SMILES string of the molecule is O=C(c1cccs1)N1CCc2nc(C3CCN(CC4CCCCC4)CC3)[nH]c(=O)c2C1. The van der Waals surface area contributed by atoms with Crippen molar-refractivity contribution in [1.82, 2.24) is 19.8 Å². The number of H-pyrrole nitrogens is 1. The standard InChI is InChI=1S/C24H32N4O2S/c29-23-19-16-28(24(30)21-7-4-14-31-21)13-10-20(19)25-22(26-23)18-8-11-27(12-9-18)15-17-5-2-1-3-6-17/h4,7,14,17-18H,1-3,5-6,8-13,15-16H2,(H,25,26,29). The highest BCUT2D eigenvalue weighted by Crippen LogP contribution is 2.29. The highest BCUT2D eigenvalue weighted by Gasteiger charge is 2.29. The minimum atomic E-state index is -0.0617. The molecule has 0 bridgehead atoms. The largest absolute Gasteiger partial charge is 0.333 e. The lowest BCUT2D eigenvalue weighted by Crippen LogP contribution is -2.40. The molecule has 2 fully saturated rings. The first-order valence-corrected chi connectivity index (χ1v) is 12.7. The molecule has 6 nitrogen and oxygen atoms in total. The molecule has 0 unspecified atom stereocenters. The van der Waals surface area contributed by atoms with Gasteiger partial charge in [-0.25, -0.2) is 4.98 Å². The van der Waals surface area contributed by atoms with Crippen molar-refractivity contribution < 1.29 is 4.79 Å². The Balaban J connectivity index is 1.22. The van der Waals surface area contributed by atoms with Crippen LogP contribution in [-0.2, 0) is 13.0 Å². The average molecular weight is 441 g/mol. The molecule has 1 saturated heterocycles. The fourth-order valence-electron chi connectivity index (χ4n) is 5.49. The van der Waals surface area contributed by atoms with Gasteiger partial charge in [-0.1, -0.05) is 25.3 Å². The van der Waals surface area contributed by atoms with E-state index >= 15 is 0 Å². The van der Waals surface area contributed by atoms with Gasteiger partial charge in [0.1, 0.15) is 5.82 Å². The Morgan fingerprint density at radius 2 is 1.94 bits per heavy atom. The molecule has 2 aromatic rings. The number of hydrogen-bond donors (Lipinski definition) is 1. The Hall–Kier alpha value is -1.99. The predicted molar refractivity (Wildman–Crippen MR) is 123 cm³/mol. The van der Waals surface area contributed by atoms with Gasteiger partial charge in [0.05, 0.1) is 22.7 Å². The molecule has 5 rings (SSSR count). The van der Waals surface area contributed by atoms with Crippen LogP contribution in [0.25, 0.3) is 0 Å². The van der Waals surface area contributed by atoms with Gasteiger partial charge in [-0.2, -0.15) is 0 Å². The third kappa shape index (κ3) is 4.62. The van der Waals surface area contributed by atoms with Gasteiger partial charge in [-0.15, -0.1) is 11.3 Å². The maximum absolute atomic E-state index is 12.9. The molecule has 3 aliphatic rings. The van der Waals surface area contributed by atoms with E-state index in [2.05, 4.69) is 9.88 Å². The minimum Gasteiger partial charge on any atom is -0.333 e. The lowest BCUT2D eigenvalue weighted by molar-refractivity contribution is 0.0737. The van der Waals surface area contributed by atoms with E-state index in [9.17, 15) is 9.59 Å². The molecule has 0 radical (unpaired) electrons. The molecule has 4 heterocycles. The van der Waals surface area contributed by atoms with Crippen molar-refractivity contribution in [3.05, 3.63) is 49.8 Å². The first-order valence-electron chi connectivity index (χ1n) is 11.8. The molecule has 31 heavy (non-hydrogen) atoms. The second kappa shape index (κ2) is 9.25. The van der Waals surface area contributed by atoms with Crippen molar-refractivity contribution in [2.24, 2.45) is 5.92 Å². The number of carbonyl (C=O) groups excluding carboxylic acids is 1. The number of hydrogen-bond acceptors (Lipinski definition) is 5. The summed E-state index contributed by atoms with van der Waals surface area (Å²) in [5, 5.41) is 1.91. The number of amides is 1. The van der Waals surface area contributed by atoms with Crippen LogP contribution >= 0.6 is 11.3 Å². The topological polar surface area (TPSA) is 69.3 Å². The fraction of sp³-hybridized carbons (Fsp3) is 0.625. The van der Waals surface area contributed by atoms with Crippen LogP contribution in [0, 0.1) is 5.92 Å². The summed E-state index contributed by atoms with van der Waals surface area (Å²) in [6, 6.07) is 3.73. The molecule has 1 N–H and O–H groups in total. The molecule has 166 valence electrons. The maximum atomic E-state index is 12.9. The van der Waals surface area contributed by atoms with Gasteiger partial charge in [0, 0.05) is 25.4 Å². The lowest BCUT2D eigenvalue weighted by Gasteiger charge is -2.35. The normalized spacial score (nSPS) is 21.2. The third-order valence-corrected chi connectivity index (χ3v) is 8.18. The Kier molecular flexibility index (Phi) is 6.23. The highest BCUT2D eigenvalue weighted by atomic mass is 32.1. The molecule has 0 aromatic carbocycles. The summed E-state index contributed by atoms with van der Waals surface area (Å²) in [6.07, 6.45) is 9.79. The van der Waals surface area contributed by atoms with Gasteiger partial charge < -0.3 is 14.8 Å². The summed E-state index contributed by atoms with van der Waals surface area (Å²) in [4.78, 5) is 38.6. The van der Waals surface area contributed by atoms with Crippen LogP contribution in [0.2, 0.25) is 0 Å². The van der Waals surface area contributed by atoms with Crippen LogP contribution in [0.3, 0.4) is 0 Å². The van der Waals surface area contributed by atoms with E-state index in [1.807, 2.05) is 17.5 Å². The van der Waals surface area contributed by atoms with Crippen molar-refractivity contribution in [2.45, 2.75) is 63.8 Å². The van der Waals surface area contributed by atoms with Gasteiger partial charge in [0.2, 0.25) is 0 Å². The summed E-state index contributed by atoms with van der Waals surface area (Å²) < 4.78 is 0. The number of likely N-dealkylation sites (tertiary alicyclic amines) is 1. The first-order chi connectivity index (χ1) is 15.2. The number of nitrogens with zero attached hydrogens (tertiary/aromatic N) is 3. The molecule has 7 heteroatoms. The zero-order chi connectivity index (χ0) is 21.2. The van der Waals surface area contributed by atoms with Crippen molar-refractivity contribution in [2.75, 3.05) is 26.2 Å². The summed E-state index contributed by atoms with van der Waals surface area (Å²) in [5.41, 5.74) is 1.49. The van der Waals surface area contributed by atoms with Crippen molar-refractivity contribution in [3.63, 3.8) is 0 Å². The Morgan fingerprint density at radius 1 is 1.13 bits per heavy atom. The maximum Gasteiger partial charge on any atom is 0.264 e. The van der Waals surface area contributed by atoms with E-state index in [4.69, 9.17) is 4.98 Å². The van der Waals surface area contributed by atoms with Crippen LogP contribution in [0.5, 0.6) is 0 Å². The second-order valence-corrected chi connectivity index (χ2v) is 10.4. The van der Waals surface area contributed by atoms with Crippen molar-refractivity contribution in [1.29, 1.82) is 0 Å². The smallest absolute Gasteiger partial charge is 0.264 e. The number of aromatic amines is 1. The number of carbonyl (C=O) groups is 1. The van der Waals surface area contributed by atoms with Gasteiger partial charge >= 0.3 is 0 Å². The zero-order valence-corrected chi connectivity index (χ0v) is 19.0. The quantitative estimate of drug-likeness (QED) is 0.785.